The van der Waals surface area contributed by atoms with Crippen molar-refractivity contribution in [2.75, 3.05) is 0 Å². The summed E-state index contributed by atoms with van der Waals surface area (Å²) in [5.74, 6) is 0. The van der Waals surface area contributed by atoms with Gasteiger partial charge in [-0.15, -0.1) is 11.3 Å². The monoisotopic (exact) mass is 296 g/mol. The van der Waals surface area contributed by atoms with Gasteiger partial charge in [0.2, 0.25) is 0 Å². The highest BCUT2D eigenvalue weighted by molar-refractivity contribution is 7.11. The molecule has 21 heavy (non-hydrogen) atoms. The van der Waals surface area contributed by atoms with Crippen LogP contribution in [0.3, 0.4) is 0 Å². The van der Waals surface area contributed by atoms with Gasteiger partial charge in [-0.3, -0.25) is 0 Å². The Morgan fingerprint density at radius 3 is 1.10 bits per heavy atom. The second-order valence-electron chi connectivity index (χ2n) is 4.39. The Labute approximate surface area is 133 Å². The summed E-state index contributed by atoms with van der Waals surface area (Å²) in [5.41, 5.74) is 2.55. The van der Waals surface area contributed by atoms with Crippen LogP contribution in [0.25, 0.3) is 11.1 Å². The molecule has 0 saturated carbocycles. The summed E-state index contributed by atoms with van der Waals surface area (Å²) in [5, 5.41) is 0. The first-order valence-corrected chi connectivity index (χ1v) is 8.21. The van der Waals surface area contributed by atoms with Crippen LogP contribution in [0.4, 0.5) is 0 Å². The number of rotatable bonds is 1. The number of thiophene rings is 1. The van der Waals surface area contributed by atoms with Crippen LogP contribution < -0.4 is 0 Å². The van der Waals surface area contributed by atoms with Gasteiger partial charge in [0.1, 0.15) is 0 Å². The maximum atomic E-state index is 2.14. The van der Waals surface area contributed by atoms with Gasteiger partial charge in [-0.1, -0.05) is 74.5 Å². The third-order valence-electron chi connectivity index (χ3n) is 2.76. The normalized spacial score (nSPS) is 8.95. The van der Waals surface area contributed by atoms with Gasteiger partial charge in [0.25, 0.3) is 0 Å². The molecule has 0 aliphatic carbocycles. The Balaban J connectivity index is 0.000000210. The maximum Gasteiger partial charge on any atom is 0.00170 e. The van der Waals surface area contributed by atoms with Gasteiger partial charge < -0.3 is 0 Å². The zero-order valence-electron chi connectivity index (χ0n) is 13.3. The highest BCUT2D eigenvalue weighted by Crippen LogP contribution is 2.17. The second-order valence-corrected chi connectivity index (χ2v) is 5.88. The molecular weight excluding hydrogens is 272 g/mol. The van der Waals surface area contributed by atoms with Gasteiger partial charge in [-0.25, -0.2) is 0 Å². The fraction of sp³-hybridized carbons (Fsp3) is 0.200. The zero-order chi connectivity index (χ0) is 15.5. The molecule has 2 aromatic carbocycles. The van der Waals surface area contributed by atoms with E-state index >= 15 is 0 Å². The smallest absolute Gasteiger partial charge is 0.00170 e. The molecule has 0 aliphatic heterocycles. The van der Waals surface area contributed by atoms with E-state index in [1.165, 1.54) is 20.9 Å². The molecule has 1 heteroatoms. The fourth-order valence-corrected chi connectivity index (χ4v) is 2.60. The number of hydrogen-bond acceptors (Lipinski definition) is 1. The lowest BCUT2D eigenvalue weighted by atomic mass is 10.1. The number of hydrogen-bond donors (Lipinski definition) is 0. The molecule has 0 bridgehead atoms. The highest BCUT2D eigenvalue weighted by atomic mass is 32.1. The predicted molar refractivity (Wildman–Crippen MR) is 97.0 cm³/mol. The lowest BCUT2D eigenvalue weighted by molar-refractivity contribution is 1.50. The summed E-state index contributed by atoms with van der Waals surface area (Å²) in [6, 6.07) is 25.1. The summed E-state index contributed by atoms with van der Waals surface area (Å²) in [7, 11) is 0. The van der Waals surface area contributed by atoms with Crippen LogP contribution in [0.2, 0.25) is 0 Å². The third-order valence-corrected chi connectivity index (χ3v) is 3.67. The Bertz CT molecular complexity index is 540. The van der Waals surface area contributed by atoms with Crippen LogP contribution in [0.1, 0.15) is 23.6 Å². The molecule has 110 valence electrons. The summed E-state index contributed by atoms with van der Waals surface area (Å²) in [6.07, 6.45) is 0. The zero-order valence-corrected chi connectivity index (χ0v) is 14.2. The largest absolute Gasteiger partial charge is 0.146 e. The van der Waals surface area contributed by atoms with E-state index in [1.807, 2.05) is 37.3 Å². The van der Waals surface area contributed by atoms with Crippen LogP contribution in [0.5, 0.6) is 0 Å². The van der Waals surface area contributed by atoms with Crippen molar-refractivity contribution in [3.8, 4) is 11.1 Å². The third kappa shape index (κ3) is 6.42. The molecule has 3 rings (SSSR count). The molecule has 0 N–H and O–H groups in total. The minimum Gasteiger partial charge on any atom is -0.146 e. The van der Waals surface area contributed by atoms with Crippen LogP contribution >= 0.6 is 11.3 Å². The average Bonchev–Trinajstić information content (AvgIpc) is 2.95. The lowest BCUT2D eigenvalue weighted by Crippen LogP contribution is -1.73. The van der Waals surface area contributed by atoms with E-state index in [2.05, 4.69) is 74.5 Å². The van der Waals surface area contributed by atoms with Crippen molar-refractivity contribution in [3.05, 3.63) is 82.6 Å². The molecule has 0 fully saturated rings. The first-order chi connectivity index (χ1) is 10.3. The Hall–Kier alpha value is -1.86. The first kappa shape index (κ1) is 17.2. The lowest BCUT2D eigenvalue weighted by Gasteiger charge is -1.98. The van der Waals surface area contributed by atoms with Crippen molar-refractivity contribution in [2.24, 2.45) is 0 Å². The molecule has 0 amide bonds. The van der Waals surface area contributed by atoms with Crippen molar-refractivity contribution in [3.63, 3.8) is 0 Å². The van der Waals surface area contributed by atoms with E-state index in [0.29, 0.717) is 0 Å². The average molecular weight is 296 g/mol. The molecule has 0 unspecified atom stereocenters. The second kappa shape index (κ2) is 9.95. The minimum atomic E-state index is 1.28. The summed E-state index contributed by atoms with van der Waals surface area (Å²) < 4.78 is 0. The van der Waals surface area contributed by atoms with Gasteiger partial charge in [-0.2, -0.15) is 0 Å². The molecule has 1 heterocycles. The van der Waals surface area contributed by atoms with Gasteiger partial charge >= 0.3 is 0 Å². The number of benzene rings is 2. The van der Waals surface area contributed by atoms with Gasteiger partial charge in [-0.05, 0) is 37.1 Å². The van der Waals surface area contributed by atoms with E-state index in [1.54, 1.807) is 0 Å². The quantitative estimate of drug-likeness (QED) is 0.466. The van der Waals surface area contributed by atoms with E-state index in [9.17, 15) is 0 Å². The van der Waals surface area contributed by atoms with Gasteiger partial charge in [0.05, 0.1) is 0 Å². The molecular formula is C20H24S. The standard InChI is InChI=1S/C12H10.C6H8S.C2H6/c1-3-7-11(8-4-1)12-9-5-2-6-10-12;1-5-3-4-6(2)7-5;1-2/h1-10H;3-4H,1-2H3;1-2H3. The van der Waals surface area contributed by atoms with Crippen LogP contribution in [-0.2, 0) is 0 Å². The highest BCUT2D eigenvalue weighted by Gasteiger charge is 1.91. The molecule has 0 saturated heterocycles. The predicted octanol–water partition coefficient (Wildman–Crippen LogP) is 6.74. The van der Waals surface area contributed by atoms with Crippen molar-refractivity contribution in [1.29, 1.82) is 0 Å². The van der Waals surface area contributed by atoms with E-state index in [4.69, 9.17) is 0 Å². The Kier molecular flexibility index (Phi) is 8.15. The van der Waals surface area contributed by atoms with Crippen LogP contribution in [0, 0.1) is 13.8 Å². The fourth-order valence-electron chi connectivity index (χ4n) is 1.82. The van der Waals surface area contributed by atoms with E-state index in [-0.39, 0.29) is 0 Å². The summed E-state index contributed by atoms with van der Waals surface area (Å²) in [6.45, 7) is 8.25. The van der Waals surface area contributed by atoms with Crippen LogP contribution in [0.15, 0.2) is 72.8 Å². The topological polar surface area (TPSA) is 0 Å². The van der Waals surface area contributed by atoms with Gasteiger partial charge in [0.15, 0.2) is 0 Å². The summed E-state index contributed by atoms with van der Waals surface area (Å²) >= 11 is 1.84. The molecule has 0 spiro atoms. The molecule has 3 aromatic rings. The molecule has 0 radical (unpaired) electrons. The van der Waals surface area contributed by atoms with E-state index in [0.717, 1.165) is 0 Å². The SMILES string of the molecule is CC.Cc1ccc(C)s1.c1ccc(-c2ccccc2)cc1. The Morgan fingerprint density at radius 2 is 0.857 bits per heavy atom. The minimum absolute atomic E-state index is 1.28. The molecule has 0 nitrogen and oxygen atoms in total. The molecule has 0 atom stereocenters. The van der Waals surface area contributed by atoms with E-state index < -0.39 is 0 Å². The van der Waals surface area contributed by atoms with Crippen molar-refractivity contribution >= 4 is 11.3 Å². The summed E-state index contributed by atoms with van der Waals surface area (Å²) in [4.78, 5) is 2.80. The maximum absolute atomic E-state index is 2.14. The molecule has 1 aromatic heterocycles. The number of aryl methyl sites for hydroxylation is 2. The van der Waals surface area contributed by atoms with Crippen molar-refractivity contribution in [2.45, 2.75) is 27.7 Å². The van der Waals surface area contributed by atoms with Crippen LogP contribution in [-0.4, -0.2) is 0 Å². The van der Waals surface area contributed by atoms with Gasteiger partial charge in [0, 0.05) is 9.75 Å². The van der Waals surface area contributed by atoms with Crippen molar-refractivity contribution in [1.82, 2.24) is 0 Å². The molecule has 0 aliphatic rings. The first-order valence-electron chi connectivity index (χ1n) is 7.39. The van der Waals surface area contributed by atoms with Crippen molar-refractivity contribution < 1.29 is 0 Å². The Morgan fingerprint density at radius 1 is 0.524 bits per heavy atom.